The molecule has 0 saturated heterocycles. The number of unbranched alkanes of at least 4 members (excludes halogenated alkanes) is 11. The van der Waals surface area contributed by atoms with E-state index < -0.39 is 0 Å². The van der Waals surface area contributed by atoms with Crippen molar-refractivity contribution >= 4 is 5.91 Å². The summed E-state index contributed by atoms with van der Waals surface area (Å²) in [6.45, 7) is 5.65. The monoisotopic (exact) mass is 452 g/mol. The average Bonchev–Trinajstić information content (AvgIpc) is 2.83. The third-order valence-corrected chi connectivity index (χ3v) is 6.11. The topological polar surface area (TPSA) is 42.4 Å². The molecule has 1 amide bonds. The van der Waals surface area contributed by atoms with Crippen LogP contribution in [0.15, 0.2) is 48.7 Å². The Bertz CT molecular complexity index is 763. The lowest BCUT2D eigenvalue weighted by Gasteiger charge is -2.22. The molecule has 4 heteroatoms. The highest BCUT2D eigenvalue weighted by Gasteiger charge is 2.13. The van der Waals surface area contributed by atoms with E-state index in [0.717, 1.165) is 30.0 Å². The number of carbonyl (C=O) groups excluding carboxylic acids is 1. The molecule has 0 aliphatic heterocycles. The highest BCUT2D eigenvalue weighted by molar-refractivity contribution is 5.73. The van der Waals surface area contributed by atoms with Crippen molar-refractivity contribution in [2.24, 2.45) is 0 Å². The zero-order chi connectivity index (χ0) is 23.6. The summed E-state index contributed by atoms with van der Waals surface area (Å²) in [6.07, 6.45) is 17.8. The molecule has 2 rings (SSSR count). The molecule has 182 valence electrons. The quantitative estimate of drug-likeness (QED) is 0.217. The summed E-state index contributed by atoms with van der Waals surface area (Å²) in [5, 5.41) is 0. The molecule has 33 heavy (non-hydrogen) atoms. The molecule has 0 bridgehead atoms. The number of aromatic nitrogens is 1. The molecule has 4 nitrogen and oxygen atoms in total. The summed E-state index contributed by atoms with van der Waals surface area (Å²) >= 11 is 0. The van der Waals surface area contributed by atoms with Gasteiger partial charge in [0.25, 0.3) is 0 Å². The molecule has 1 heterocycles. The van der Waals surface area contributed by atoms with Crippen molar-refractivity contribution in [2.75, 3.05) is 6.61 Å². The highest BCUT2D eigenvalue weighted by atomic mass is 16.5. The second kappa shape index (κ2) is 17.2. The number of benzene rings is 1. The predicted molar refractivity (Wildman–Crippen MR) is 137 cm³/mol. The standard InChI is InChI=1S/C29H44N2O2/c1-3-4-5-6-7-8-9-10-11-12-13-18-23-33-29-21-15-14-19-27(29)24-31(26(2)32)25-28-20-16-17-22-30-28/h14-17,19-22H,3-13,18,23-25H2,1-2H3. The largest absolute Gasteiger partial charge is 0.493 e. The number of ether oxygens (including phenoxy) is 1. The van der Waals surface area contributed by atoms with Gasteiger partial charge in [0, 0.05) is 25.2 Å². The third-order valence-electron chi connectivity index (χ3n) is 6.11. The Balaban J connectivity index is 1.64. The smallest absolute Gasteiger partial charge is 0.220 e. The maximum absolute atomic E-state index is 12.2. The van der Waals surface area contributed by atoms with Crippen molar-refractivity contribution in [3.63, 3.8) is 0 Å². The van der Waals surface area contributed by atoms with E-state index in [4.69, 9.17) is 4.74 Å². The normalized spacial score (nSPS) is 10.8. The third kappa shape index (κ3) is 11.9. The van der Waals surface area contributed by atoms with Gasteiger partial charge >= 0.3 is 0 Å². The number of pyridine rings is 1. The number of rotatable bonds is 18. The predicted octanol–water partition coefficient (Wildman–Crippen LogP) is 7.71. The van der Waals surface area contributed by atoms with Gasteiger partial charge in [0.05, 0.1) is 18.8 Å². The minimum atomic E-state index is 0.0383. The van der Waals surface area contributed by atoms with Crippen molar-refractivity contribution in [3.8, 4) is 5.75 Å². The Hall–Kier alpha value is -2.36. The first-order valence-electron chi connectivity index (χ1n) is 13.1. The molecule has 1 aromatic heterocycles. The molecule has 0 aliphatic carbocycles. The minimum absolute atomic E-state index is 0.0383. The van der Waals surface area contributed by atoms with E-state index in [2.05, 4.69) is 11.9 Å². The lowest BCUT2D eigenvalue weighted by Crippen LogP contribution is -2.28. The van der Waals surface area contributed by atoms with E-state index >= 15 is 0 Å². The van der Waals surface area contributed by atoms with Gasteiger partial charge in [-0.1, -0.05) is 102 Å². The van der Waals surface area contributed by atoms with Crippen LogP contribution in [0.25, 0.3) is 0 Å². The summed E-state index contributed by atoms with van der Waals surface area (Å²) < 4.78 is 6.11. The Labute approximate surface area is 201 Å². The van der Waals surface area contributed by atoms with Gasteiger partial charge in [0.2, 0.25) is 5.91 Å². The van der Waals surface area contributed by atoms with E-state index in [0.29, 0.717) is 13.1 Å². The van der Waals surface area contributed by atoms with Crippen molar-refractivity contribution in [1.82, 2.24) is 9.88 Å². The van der Waals surface area contributed by atoms with Gasteiger partial charge in [-0.25, -0.2) is 0 Å². The van der Waals surface area contributed by atoms with Gasteiger partial charge in [0.1, 0.15) is 5.75 Å². The summed E-state index contributed by atoms with van der Waals surface area (Å²) in [4.78, 5) is 18.4. The number of amides is 1. The van der Waals surface area contributed by atoms with Gasteiger partial charge in [-0.15, -0.1) is 0 Å². The second-order valence-corrected chi connectivity index (χ2v) is 9.04. The fourth-order valence-electron chi connectivity index (χ4n) is 4.07. The van der Waals surface area contributed by atoms with Crippen LogP contribution >= 0.6 is 0 Å². The summed E-state index contributed by atoms with van der Waals surface area (Å²) in [6, 6.07) is 13.8. The first-order valence-corrected chi connectivity index (χ1v) is 13.1. The first kappa shape index (κ1) is 26.9. The van der Waals surface area contributed by atoms with Gasteiger partial charge < -0.3 is 9.64 Å². The fourth-order valence-corrected chi connectivity index (χ4v) is 4.07. The van der Waals surface area contributed by atoms with E-state index in [1.807, 2.05) is 47.4 Å². The average molecular weight is 453 g/mol. The molecule has 0 fully saturated rings. The number of para-hydroxylation sites is 1. The molecule has 0 atom stereocenters. The van der Waals surface area contributed by atoms with Crippen LogP contribution in [0.4, 0.5) is 0 Å². The van der Waals surface area contributed by atoms with Crippen molar-refractivity contribution in [1.29, 1.82) is 0 Å². The molecule has 2 aromatic rings. The molecular formula is C29H44N2O2. The lowest BCUT2D eigenvalue weighted by molar-refractivity contribution is -0.130. The van der Waals surface area contributed by atoms with E-state index in [1.165, 1.54) is 70.6 Å². The molecule has 0 radical (unpaired) electrons. The first-order chi connectivity index (χ1) is 16.2. The molecule has 1 aromatic carbocycles. The molecule has 0 unspecified atom stereocenters. The number of hydrogen-bond acceptors (Lipinski definition) is 3. The number of hydrogen-bond donors (Lipinski definition) is 0. The van der Waals surface area contributed by atoms with Gasteiger partial charge in [-0.2, -0.15) is 0 Å². The van der Waals surface area contributed by atoms with Crippen molar-refractivity contribution in [2.45, 2.75) is 104 Å². The van der Waals surface area contributed by atoms with Crippen LogP contribution < -0.4 is 4.74 Å². The Morgan fingerprint density at radius 3 is 2.00 bits per heavy atom. The summed E-state index contributed by atoms with van der Waals surface area (Å²) in [5.74, 6) is 0.921. The molecule has 0 N–H and O–H groups in total. The molecule has 0 spiro atoms. The van der Waals surface area contributed by atoms with Gasteiger partial charge in [-0.3, -0.25) is 9.78 Å². The van der Waals surface area contributed by atoms with Crippen molar-refractivity contribution < 1.29 is 9.53 Å². The summed E-state index contributed by atoms with van der Waals surface area (Å²) in [7, 11) is 0. The molecular weight excluding hydrogens is 408 g/mol. The Morgan fingerprint density at radius 1 is 0.788 bits per heavy atom. The van der Waals surface area contributed by atoms with Gasteiger partial charge in [-0.05, 0) is 24.6 Å². The minimum Gasteiger partial charge on any atom is -0.493 e. The number of nitrogens with zero attached hydrogens (tertiary/aromatic N) is 2. The number of carbonyl (C=O) groups is 1. The van der Waals surface area contributed by atoms with Crippen LogP contribution in [0.2, 0.25) is 0 Å². The summed E-state index contributed by atoms with van der Waals surface area (Å²) in [5.41, 5.74) is 1.94. The maximum atomic E-state index is 12.2. The second-order valence-electron chi connectivity index (χ2n) is 9.04. The van der Waals surface area contributed by atoms with Crippen LogP contribution in [0.1, 0.15) is 102 Å². The fraction of sp³-hybridized carbons (Fsp3) is 0.586. The van der Waals surface area contributed by atoms with Crippen LogP contribution in [-0.4, -0.2) is 22.4 Å². The molecule has 0 saturated carbocycles. The van der Waals surface area contributed by atoms with E-state index in [-0.39, 0.29) is 5.91 Å². The van der Waals surface area contributed by atoms with Crippen LogP contribution in [0.3, 0.4) is 0 Å². The Kier molecular flexibility index (Phi) is 14.0. The molecule has 0 aliphatic rings. The highest BCUT2D eigenvalue weighted by Crippen LogP contribution is 2.21. The van der Waals surface area contributed by atoms with E-state index in [9.17, 15) is 4.79 Å². The van der Waals surface area contributed by atoms with Crippen LogP contribution in [-0.2, 0) is 17.9 Å². The zero-order valence-electron chi connectivity index (χ0n) is 20.9. The van der Waals surface area contributed by atoms with E-state index in [1.54, 1.807) is 13.1 Å². The van der Waals surface area contributed by atoms with Crippen LogP contribution in [0.5, 0.6) is 5.75 Å². The SMILES string of the molecule is CCCCCCCCCCCCCCOc1ccccc1CN(Cc1ccccn1)C(C)=O. The van der Waals surface area contributed by atoms with Gasteiger partial charge in [0.15, 0.2) is 0 Å². The van der Waals surface area contributed by atoms with Crippen LogP contribution in [0, 0.1) is 0 Å². The van der Waals surface area contributed by atoms with Crippen molar-refractivity contribution in [3.05, 3.63) is 59.9 Å². The maximum Gasteiger partial charge on any atom is 0.220 e. The Morgan fingerprint density at radius 2 is 1.39 bits per heavy atom. The lowest BCUT2D eigenvalue weighted by atomic mass is 10.1. The zero-order valence-corrected chi connectivity index (χ0v) is 20.9.